The number of carbonyl (C=O) groups excluding carboxylic acids is 2. The molecule has 0 aromatic rings. The van der Waals surface area contributed by atoms with Crippen LogP contribution in [-0.4, -0.2) is 59.5 Å². The lowest BCUT2D eigenvalue weighted by molar-refractivity contribution is -0.127. The van der Waals surface area contributed by atoms with E-state index in [2.05, 4.69) is 15.1 Å². The number of nitrogens with one attached hydrogen (secondary N) is 2. The molecule has 3 fully saturated rings. The zero-order valence-corrected chi connectivity index (χ0v) is 12.6. The summed E-state index contributed by atoms with van der Waals surface area (Å²) >= 11 is 0. The number of piperidine rings is 1. The standard InChI is InChI=1S/C11H18N4O6S/c16-10(13-12-7-2-1-3-7)9-5-4-8-6-14(9)11(17)15(8)21-22(18,19)20/h7-9,12H,1-6H2,(H,13,16)(H,18,19,20)/t8?,9-/m0/s1. The Morgan fingerprint density at radius 3 is 2.59 bits per heavy atom. The van der Waals surface area contributed by atoms with Crippen molar-refractivity contribution in [1.82, 2.24) is 20.8 Å². The number of hydrogen-bond donors (Lipinski definition) is 3. The van der Waals surface area contributed by atoms with Gasteiger partial charge in [-0.1, -0.05) is 6.42 Å². The summed E-state index contributed by atoms with van der Waals surface area (Å²) in [5.74, 6) is -0.326. The first-order valence-electron chi connectivity index (χ1n) is 7.17. The Morgan fingerprint density at radius 1 is 1.27 bits per heavy atom. The smallest absolute Gasteiger partial charge is 0.309 e. The minimum atomic E-state index is -4.77. The largest absolute Gasteiger partial charge is 0.418 e. The monoisotopic (exact) mass is 334 g/mol. The van der Waals surface area contributed by atoms with Gasteiger partial charge in [0.25, 0.3) is 5.91 Å². The van der Waals surface area contributed by atoms with Crippen LogP contribution in [0.15, 0.2) is 0 Å². The number of carbonyl (C=O) groups is 2. The predicted molar refractivity (Wildman–Crippen MR) is 72.3 cm³/mol. The van der Waals surface area contributed by atoms with Crippen molar-refractivity contribution >= 4 is 22.3 Å². The molecule has 124 valence electrons. The minimum absolute atomic E-state index is 0.190. The number of urea groups is 1. The highest BCUT2D eigenvalue weighted by Crippen LogP contribution is 2.30. The van der Waals surface area contributed by atoms with Crippen LogP contribution in [0.4, 0.5) is 4.79 Å². The molecule has 3 rings (SSSR count). The van der Waals surface area contributed by atoms with E-state index in [0.717, 1.165) is 19.3 Å². The van der Waals surface area contributed by atoms with Crippen LogP contribution in [0.25, 0.3) is 0 Å². The highest BCUT2D eigenvalue weighted by atomic mass is 32.3. The summed E-state index contributed by atoms with van der Waals surface area (Å²) in [4.78, 5) is 25.6. The Labute approximate surface area is 127 Å². The second-order valence-corrected chi connectivity index (χ2v) is 6.78. The highest BCUT2D eigenvalue weighted by Gasteiger charge is 2.49. The molecule has 11 heteroatoms. The molecule has 0 radical (unpaired) electrons. The number of rotatable bonds is 5. The summed E-state index contributed by atoms with van der Waals surface area (Å²) in [6.07, 6.45) is 3.96. The first-order valence-corrected chi connectivity index (χ1v) is 8.54. The highest BCUT2D eigenvalue weighted by molar-refractivity contribution is 7.80. The van der Waals surface area contributed by atoms with Gasteiger partial charge in [0, 0.05) is 12.6 Å². The Balaban J connectivity index is 1.62. The fourth-order valence-corrected chi connectivity index (χ4v) is 3.30. The van der Waals surface area contributed by atoms with E-state index in [0.29, 0.717) is 17.9 Å². The number of hydrogen-bond acceptors (Lipinski definition) is 6. The van der Waals surface area contributed by atoms with E-state index in [1.165, 1.54) is 4.90 Å². The zero-order valence-electron chi connectivity index (χ0n) is 11.8. The van der Waals surface area contributed by atoms with Crippen LogP contribution in [0.3, 0.4) is 0 Å². The van der Waals surface area contributed by atoms with Crippen LogP contribution in [0.2, 0.25) is 0 Å². The van der Waals surface area contributed by atoms with Crippen LogP contribution in [-0.2, 0) is 19.5 Å². The molecule has 1 unspecified atom stereocenters. The normalized spacial score (nSPS) is 28.7. The third kappa shape index (κ3) is 3.02. The van der Waals surface area contributed by atoms with Gasteiger partial charge in [0.1, 0.15) is 6.04 Å². The fourth-order valence-electron chi connectivity index (χ4n) is 2.91. The summed E-state index contributed by atoms with van der Waals surface area (Å²) < 4.78 is 34.6. The van der Waals surface area contributed by atoms with Gasteiger partial charge in [-0.05, 0) is 25.7 Å². The number of fused-ring (bicyclic) bond motifs is 2. The van der Waals surface area contributed by atoms with Crippen molar-refractivity contribution < 1.29 is 26.8 Å². The van der Waals surface area contributed by atoms with Crippen molar-refractivity contribution in [2.75, 3.05) is 6.54 Å². The molecule has 0 spiro atoms. The minimum Gasteiger partial charge on any atom is -0.309 e. The Kier molecular flexibility index (Phi) is 3.97. The topological polar surface area (TPSA) is 128 Å². The molecule has 10 nitrogen and oxygen atoms in total. The van der Waals surface area contributed by atoms with Gasteiger partial charge >= 0.3 is 16.4 Å². The van der Waals surface area contributed by atoms with Crippen molar-refractivity contribution in [2.24, 2.45) is 0 Å². The van der Waals surface area contributed by atoms with Crippen molar-refractivity contribution in [3.63, 3.8) is 0 Å². The molecule has 1 saturated carbocycles. The maximum atomic E-state index is 12.2. The number of hydroxylamine groups is 2. The second-order valence-electron chi connectivity index (χ2n) is 5.77. The van der Waals surface area contributed by atoms with E-state index in [1.807, 2.05) is 0 Å². The molecular weight excluding hydrogens is 316 g/mol. The van der Waals surface area contributed by atoms with Crippen LogP contribution >= 0.6 is 0 Å². The van der Waals surface area contributed by atoms with E-state index in [1.54, 1.807) is 0 Å². The summed E-state index contributed by atoms with van der Waals surface area (Å²) in [7, 11) is -4.77. The van der Waals surface area contributed by atoms with Crippen LogP contribution in [0, 0.1) is 0 Å². The Bertz CT molecular complexity index is 577. The molecule has 0 aromatic carbocycles. The SMILES string of the molecule is O=C(NNC1CCC1)[C@@H]1CCC2CN1C(=O)N2OS(=O)(=O)O. The van der Waals surface area contributed by atoms with Crippen molar-refractivity contribution in [3.8, 4) is 0 Å². The lowest BCUT2D eigenvalue weighted by Crippen LogP contribution is -2.55. The molecular formula is C11H18N4O6S. The third-order valence-corrected chi connectivity index (χ3v) is 4.65. The third-order valence-electron chi connectivity index (χ3n) is 4.30. The Hall–Kier alpha value is -1.43. The number of amides is 3. The molecule has 2 bridgehead atoms. The molecule has 2 heterocycles. The lowest BCUT2D eigenvalue weighted by atomic mass is 9.94. The molecule has 0 aromatic heterocycles. The van der Waals surface area contributed by atoms with Gasteiger partial charge in [-0.15, -0.1) is 4.28 Å². The second kappa shape index (κ2) is 5.65. The predicted octanol–water partition coefficient (Wildman–Crippen LogP) is -0.837. The van der Waals surface area contributed by atoms with E-state index >= 15 is 0 Å². The molecule has 2 saturated heterocycles. The summed E-state index contributed by atoms with van der Waals surface area (Å²) in [6.45, 7) is 0.190. The van der Waals surface area contributed by atoms with Gasteiger partial charge < -0.3 is 4.90 Å². The molecule has 3 amide bonds. The van der Waals surface area contributed by atoms with Gasteiger partial charge in [-0.25, -0.2) is 10.2 Å². The van der Waals surface area contributed by atoms with Gasteiger partial charge in [-0.2, -0.15) is 13.5 Å². The first kappa shape index (κ1) is 15.5. The van der Waals surface area contributed by atoms with E-state index in [4.69, 9.17) is 4.55 Å². The van der Waals surface area contributed by atoms with Gasteiger partial charge in [0.05, 0.1) is 6.04 Å². The van der Waals surface area contributed by atoms with Crippen LogP contribution < -0.4 is 10.9 Å². The van der Waals surface area contributed by atoms with Crippen LogP contribution in [0.5, 0.6) is 0 Å². The first-order chi connectivity index (χ1) is 10.3. The van der Waals surface area contributed by atoms with E-state index in [-0.39, 0.29) is 18.5 Å². The van der Waals surface area contributed by atoms with E-state index < -0.39 is 28.5 Å². The average Bonchev–Trinajstić information content (AvgIpc) is 2.61. The summed E-state index contributed by atoms with van der Waals surface area (Å²) in [6, 6.07) is -1.62. The van der Waals surface area contributed by atoms with Gasteiger partial charge in [0.2, 0.25) is 0 Å². The molecule has 1 aliphatic carbocycles. The number of nitrogens with zero attached hydrogens (tertiary/aromatic N) is 2. The van der Waals surface area contributed by atoms with E-state index in [9.17, 15) is 18.0 Å². The summed E-state index contributed by atoms with van der Waals surface area (Å²) in [5, 5.41) is 0.627. The molecule has 22 heavy (non-hydrogen) atoms. The summed E-state index contributed by atoms with van der Waals surface area (Å²) in [5.41, 5.74) is 5.53. The number of hydrazine groups is 1. The molecule has 3 N–H and O–H groups in total. The average molecular weight is 334 g/mol. The maximum absolute atomic E-state index is 12.2. The Morgan fingerprint density at radius 2 is 2.00 bits per heavy atom. The van der Waals surface area contributed by atoms with Gasteiger partial charge in [0.15, 0.2) is 0 Å². The van der Waals surface area contributed by atoms with Gasteiger partial charge in [-0.3, -0.25) is 14.8 Å². The van der Waals surface area contributed by atoms with Crippen molar-refractivity contribution in [3.05, 3.63) is 0 Å². The molecule has 2 atom stereocenters. The van der Waals surface area contributed by atoms with Crippen molar-refractivity contribution in [2.45, 2.75) is 50.2 Å². The zero-order chi connectivity index (χ0) is 15.9. The maximum Gasteiger partial charge on any atom is 0.418 e. The lowest BCUT2D eigenvalue weighted by Gasteiger charge is -2.31. The van der Waals surface area contributed by atoms with Crippen LogP contribution in [0.1, 0.15) is 32.1 Å². The fraction of sp³-hybridized carbons (Fsp3) is 0.818. The van der Waals surface area contributed by atoms with Crippen molar-refractivity contribution in [1.29, 1.82) is 0 Å². The quantitative estimate of drug-likeness (QED) is 0.442. The molecule has 2 aliphatic heterocycles. The molecule has 3 aliphatic rings.